The number of hydrogen-bond acceptors (Lipinski definition) is 4. The van der Waals surface area contributed by atoms with Crippen LogP contribution in [0.15, 0.2) is 36.7 Å². The third-order valence-electron chi connectivity index (χ3n) is 3.11. The van der Waals surface area contributed by atoms with E-state index in [4.69, 9.17) is 9.47 Å². The molecule has 2 aromatic rings. The second kappa shape index (κ2) is 6.26. The lowest BCUT2D eigenvalue weighted by Crippen LogP contribution is -2.06. The molecule has 0 saturated carbocycles. The minimum Gasteiger partial charge on any atom is -0.465 e. The first kappa shape index (κ1) is 14.8. The van der Waals surface area contributed by atoms with E-state index < -0.39 is 0 Å². The van der Waals surface area contributed by atoms with Gasteiger partial charge in [-0.25, -0.2) is 4.79 Å². The molecule has 0 atom stereocenters. The van der Waals surface area contributed by atoms with Crippen molar-refractivity contribution in [3.63, 3.8) is 0 Å². The van der Waals surface area contributed by atoms with Gasteiger partial charge in [-0.3, -0.25) is 4.68 Å². The SMILES string of the molecule is C/C=C(\C(=O)OC)c1c(C)cccc1Oc1cnn(C)c1. The van der Waals surface area contributed by atoms with E-state index in [-0.39, 0.29) is 5.97 Å². The molecule has 1 aromatic carbocycles. The van der Waals surface area contributed by atoms with Crippen molar-refractivity contribution in [2.24, 2.45) is 7.05 Å². The Morgan fingerprint density at radius 1 is 1.38 bits per heavy atom. The van der Waals surface area contributed by atoms with Gasteiger partial charge in [0.15, 0.2) is 5.75 Å². The van der Waals surface area contributed by atoms with Crippen molar-refractivity contribution in [1.29, 1.82) is 0 Å². The number of carbonyl (C=O) groups excluding carboxylic acids is 1. The average molecular weight is 286 g/mol. The standard InChI is InChI=1S/C16H18N2O3/c1-5-13(16(19)20-4)15-11(2)7-6-8-14(15)21-12-9-17-18(3)10-12/h5-10H,1-4H3/b13-5-. The Bertz CT molecular complexity index is 687. The van der Waals surface area contributed by atoms with Crippen LogP contribution < -0.4 is 4.74 Å². The summed E-state index contributed by atoms with van der Waals surface area (Å²) in [4.78, 5) is 11.9. The van der Waals surface area contributed by atoms with Crippen LogP contribution in [-0.4, -0.2) is 22.9 Å². The van der Waals surface area contributed by atoms with Crippen LogP contribution in [0.1, 0.15) is 18.1 Å². The van der Waals surface area contributed by atoms with Gasteiger partial charge in [0, 0.05) is 12.6 Å². The lowest BCUT2D eigenvalue weighted by atomic mass is 9.99. The van der Waals surface area contributed by atoms with E-state index >= 15 is 0 Å². The van der Waals surface area contributed by atoms with Crippen LogP contribution in [0.5, 0.6) is 11.5 Å². The van der Waals surface area contributed by atoms with Gasteiger partial charge in [-0.1, -0.05) is 18.2 Å². The van der Waals surface area contributed by atoms with Crippen molar-refractivity contribution in [2.75, 3.05) is 7.11 Å². The Morgan fingerprint density at radius 3 is 2.71 bits per heavy atom. The van der Waals surface area contributed by atoms with Gasteiger partial charge in [0.05, 0.1) is 25.1 Å². The van der Waals surface area contributed by atoms with Gasteiger partial charge in [-0.05, 0) is 25.5 Å². The van der Waals surface area contributed by atoms with Crippen molar-refractivity contribution in [3.8, 4) is 11.5 Å². The molecule has 0 N–H and O–H groups in total. The van der Waals surface area contributed by atoms with E-state index in [1.807, 2.05) is 32.2 Å². The molecule has 2 rings (SSSR count). The Kier molecular flexibility index (Phi) is 4.42. The Labute approximate surface area is 123 Å². The molecule has 1 aromatic heterocycles. The van der Waals surface area contributed by atoms with Crippen molar-refractivity contribution in [1.82, 2.24) is 9.78 Å². The molecule has 0 fully saturated rings. The second-order valence-electron chi connectivity index (χ2n) is 4.59. The highest BCUT2D eigenvalue weighted by Gasteiger charge is 2.19. The van der Waals surface area contributed by atoms with Crippen LogP contribution >= 0.6 is 0 Å². The number of rotatable bonds is 4. The molecule has 0 saturated heterocycles. The minimum absolute atomic E-state index is 0.386. The number of benzene rings is 1. The highest BCUT2D eigenvalue weighted by atomic mass is 16.5. The Hall–Kier alpha value is -2.56. The molecule has 0 radical (unpaired) electrons. The second-order valence-corrected chi connectivity index (χ2v) is 4.59. The summed E-state index contributed by atoms with van der Waals surface area (Å²) in [6.07, 6.45) is 5.11. The van der Waals surface area contributed by atoms with Gasteiger partial charge in [0.25, 0.3) is 0 Å². The number of aromatic nitrogens is 2. The number of carbonyl (C=O) groups is 1. The van der Waals surface area contributed by atoms with Crippen LogP contribution in [-0.2, 0) is 16.6 Å². The molecule has 0 aliphatic heterocycles. The molecule has 5 heteroatoms. The first-order valence-electron chi connectivity index (χ1n) is 6.58. The molecule has 0 bridgehead atoms. The van der Waals surface area contributed by atoms with E-state index in [9.17, 15) is 4.79 Å². The zero-order chi connectivity index (χ0) is 15.4. The fourth-order valence-corrected chi connectivity index (χ4v) is 2.12. The minimum atomic E-state index is -0.386. The number of methoxy groups -OCH3 is 1. The van der Waals surface area contributed by atoms with Crippen molar-refractivity contribution < 1.29 is 14.3 Å². The van der Waals surface area contributed by atoms with Crippen LogP contribution in [0.3, 0.4) is 0 Å². The summed E-state index contributed by atoms with van der Waals surface area (Å²) in [5.41, 5.74) is 2.15. The fourth-order valence-electron chi connectivity index (χ4n) is 2.12. The summed E-state index contributed by atoms with van der Waals surface area (Å²) in [7, 11) is 3.18. The summed E-state index contributed by atoms with van der Waals surface area (Å²) < 4.78 is 12.4. The van der Waals surface area contributed by atoms with Gasteiger partial charge in [-0.2, -0.15) is 5.10 Å². The molecular formula is C16H18N2O3. The number of nitrogens with zero attached hydrogens (tertiary/aromatic N) is 2. The summed E-state index contributed by atoms with van der Waals surface area (Å²) in [5.74, 6) is 0.828. The number of hydrogen-bond donors (Lipinski definition) is 0. The largest absolute Gasteiger partial charge is 0.465 e. The fraction of sp³-hybridized carbons (Fsp3) is 0.250. The molecule has 21 heavy (non-hydrogen) atoms. The highest BCUT2D eigenvalue weighted by molar-refractivity contribution is 6.17. The molecule has 5 nitrogen and oxygen atoms in total. The van der Waals surface area contributed by atoms with Gasteiger partial charge < -0.3 is 9.47 Å². The first-order valence-corrected chi connectivity index (χ1v) is 6.58. The summed E-state index contributed by atoms with van der Waals surface area (Å²) in [5, 5.41) is 4.07. The molecule has 0 amide bonds. The van der Waals surface area contributed by atoms with E-state index in [2.05, 4.69) is 5.10 Å². The average Bonchev–Trinajstić information content (AvgIpc) is 2.87. The predicted molar refractivity (Wildman–Crippen MR) is 80.1 cm³/mol. The molecule has 0 spiro atoms. The maximum Gasteiger partial charge on any atom is 0.338 e. The number of allylic oxidation sites excluding steroid dienone is 1. The van der Waals surface area contributed by atoms with Crippen LogP contribution in [0.4, 0.5) is 0 Å². The monoisotopic (exact) mass is 286 g/mol. The van der Waals surface area contributed by atoms with E-state index in [0.29, 0.717) is 17.1 Å². The smallest absolute Gasteiger partial charge is 0.338 e. The summed E-state index contributed by atoms with van der Waals surface area (Å²) >= 11 is 0. The molecule has 0 unspecified atom stereocenters. The number of esters is 1. The maximum absolute atomic E-state index is 11.9. The van der Waals surface area contributed by atoms with Crippen LogP contribution in [0, 0.1) is 6.92 Å². The van der Waals surface area contributed by atoms with Gasteiger partial charge in [0.1, 0.15) is 5.75 Å². The first-order chi connectivity index (χ1) is 10.1. The zero-order valence-electron chi connectivity index (χ0n) is 12.6. The molecule has 0 aliphatic rings. The van der Waals surface area contributed by atoms with Crippen molar-refractivity contribution in [3.05, 3.63) is 47.8 Å². The van der Waals surface area contributed by atoms with Crippen LogP contribution in [0.2, 0.25) is 0 Å². The van der Waals surface area contributed by atoms with Gasteiger partial charge in [0.2, 0.25) is 0 Å². The van der Waals surface area contributed by atoms with Gasteiger partial charge >= 0.3 is 5.97 Å². The van der Waals surface area contributed by atoms with Crippen molar-refractivity contribution in [2.45, 2.75) is 13.8 Å². The third kappa shape index (κ3) is 3.13. The number of ether oxygens (including phenoxy) is 2. The lowest BCUT2D eigenvalue weighted by molar-refractivity contribution is -0.133. The van der Waals surface area contributed by atoms with E-state index in [1.165, 1.54) is 7.11 Å². The van der Waals surface area contributed by atoms with Gasteiger partial charge in [-0.15, -0.1) is 0 Å². The van der Waals surface area contributed by atoms with Crippen LogP contribution in [0.25, 0.3) is 5.57 Å². The quantitative estimate of drug-likeness (QED) is 0.640. The highest BCUT2D eigenvalue weighted by Crippen LogP contribution is 2.33. The lowest BCUT2D eigenvalue weighted by Gasteiger charge is -2.14. The molecular weight excluding hydrogens is 268 g/mol. The Balaban J connectivity index is 2.47. The zero-order valence-corrected chi connectivity index (χ0v) is 12.6. The molecule has 0 aliphatic carbocycles. The Morgan fingerprint density at radius 2 is 2.14 bits per heavy atom. The summed E-state index contributed by atoms with van der Waals surface area (Å²) in [6, 6.07) is 5.63. The van der Waals surface area contributed by atoms with E-state index in [0.717, 1.165) is 11.1 Å². The molecule has 1 heterocycles. The predicted octanol–water partition coefficient (Wildman–Crippen LogP) is 3.10. The normalized spacial score (nSPS) is 11.3. The van der Waals surface area contributed by atoms with E-state index in [1.54, 1.807) is 30.1 Å². The topological polar surface area (TPSA) is 53.4 Å². The maximum atomic E-state index is 11.9. The number of aryl methyl sites for hydroxylation is 2. The molecule has 110 valence electrons. The third-order valence-corrected chi connectivity index (χ3v) is 3.11. The summed E-state index contributed by atoms with van der Waals surface area (Å²) in [6.45, 7) is 3.73. The van der Waals surface area contributed by atoms with Crippen molar-refractivity contribution >= 4 is 11.5 Å².